The summed E-state index contributed by atoms with van der Waals surface area (Å²) in [5.41, 5.74) is 2.31. The van der Waals surface area contributed by atoms with Gasteiger partial charge in [0.25, 0.3) is 5.91 Å². The van der Waals surface area contributed by atoms with Crippen LogP contribution in [-0.4, -0.2) is 62.8 Å². The topological polar surface area (TPSA) is 113 Å². The van der Waals surface area contributed by atoms with E-state index in [9.17, 15) is 9.59 Å². The number of carbonyl (C=O) groups excluding carboxylic acids is 2. The predicted molar refractivity (Wildman–Crippen MR) is 133 cm³/mol. The lowest BCUT2D eigenvalue weighted by atomic mass is 10.2. The smallest absolute Gasteiger partial charge is 0.326 e. The molecule has 0 radical (unpaired) electrons. The Morgan fingerprint density at radius 2 is 2.00 bits per heavy atom. The molecular weight excluding hydrogens is 466 g/mol. The van der Waals surface area contributed by atoms with Crippen molar-refractivity contribution in [2.24, 2.45) is 0 Å². The van der Waals surface area contributed by atoms with Gasteiger partial charge in [-0.15, -0.1) is 11.3 Å². The fourth-order valence-electron chi connectivity index (χ4n) is 4.62. The Morgan fingerprint density at radius 3 is 2.71 bits per heavy atom. The van der Waals surface area contributed by atoms with Crippen LogP contribution in [0.25, 0.3) is 22.3 Å². The van der Waals surface area contributed by atoms with E-state index < -0.39 is 11.9 Å². The third kappa shape index (κ3) is 4.66. The zero-order valence-electron chi connectivity index (χ0n) is 19.6. The molecule has 3 aromatic rings. The number of carbonyl (C=O) groups is 2. The Balaban J connectivity index is 1.33. The summed E-state index contributed by atoms with van der Waals surface area (Å²) in [4.78, 5) is 33.2. The number of ether oxygens (including phenoxy) is 1. The van der Waals surface area contributed by atoms with Crippen molar-refractivity contribution in [3.63, 3.8) is 0 Å². The number of rotatable bonds is 6. The van der Waals surface area contributed by atoms with Crippen molar-refractivity contribution >= 4 is 40.8 Å². The molecule has 10 nitrogen and oxygen atoms in total. The Kier molecular flexibility index (Phi) is 5.54. The van der Waals surface area contributed by atoms with Crippen LogP contribution in [0.3, 0.4) is 0 Å². The maximum absolute atomic E-state index is 12.0. The molecule has 3 amide bonds. The molecule has 2 unspecified atom stereocenters. The summed E-state index contributed by atoms with van der Waals surface area (Å²) >= 11 is 1.74. The molecule has 2 aliphatic heterocycles. The van der Waals surface area contributed by atoms with Crippen LogP contribution in [0, 0.1) is 0 Å². The molecule has 3 N–H and O–H groups in total. The van der Waals surface area contributed by atoms with E-state index in [0.29, 0.717) is 17.3 Å². The Labute approximate surface area is 206 Å². The van der Waals surface area contributed by atoms with Crippen LogP contribution in [0.2, 0.25) is 0 Å². The fourth-order valence-corrected chi connectivity index (χ4v) is 5.63. The van der Waals surface area contributed by atoms with E-state index >= 15 is 0 Å². The third-order valence-corrected chi connectivity index (χ3v) is 7.33. The number of fused-ring (bicyclic) bond motifs is 1. The first-order valence-corrected chi connectivity index (χ1v) is 12.7. The van der Waals surface area contributed by atoms with Gasteiger partial charge in [0.2, 0.25) is 0 Å². The van der Waals surface area contributed by atoms with Crippen molar-refractivity contribution < 1.29 is 14.3 Å². The van der Waals surface area contributed by atoms with E-state index in [2.05, 4.69) is 51.9 Å². The largest absolute Gasteiger partial charge is 0.373 e. The lowest BCUT2D eigenvalue weighted by Gasteiger charge is -2.34. The molecule has 2 atom stereocenters. The second-order valence-corrected chi connectivity index (χ2v) is 10.6. The van der Waals surface area contributed by atoms with Crippen LogP contribution >= 0.6 is 11.3 Å². The minimum Gasteiger partial charge on any atom is -0.373 e. The third-order valence-electron chi connectivity index (χ3n) is 6.24. The summed E-state index contributed by atoms with van der Waals surface area (Å²) in [6.07, 6.45) is 6.00. The zero-order valence-corrected chi connectivity index (χ0v) is 20.4. The van der Waals surface area contributed by atoms with Crippen LogP contribution in [0.4, 0.5) is 10.6 Å². The van der Waals surface area contributed by atoms with E-state index in [4.69, 9.17) is 9.72 Å². The molecule has 11 heteroatoms. The van der Waals surface area contributed by atoms with Crippen molar-refractivity contribution in [3.05, 3.63) is 40.5 Å². The molecule has 0 bridgehead atoms. The molecular formula is C24H27N7O3S. The van der Waals surface area contributed by atoms with Crippen LogP contribution in [0.1, 0.15) is 37.1 Å². The van der Waals surface area contributed by atoms with Gasteiger partial charge in [-0.25, -0.2) is 9.78 Å². The average molecular weight is 494 g/mol. The Hall–Kier alpha value is -3.28. The molecule has 1 aliphatic carbocycles. The molecule has 3 aromatic heterocycles. The van der Waals surface area contributed by atoms with Crippen LogP contribution in [0.5, 0.6) is 0 Å². The standard InChI is InChI=1S/C24H27N7O3S/c1-13-10-30(11-14(2)34-13)12-17-5-6-20(35-17)18-8-21(26-16-3-4-16)31-22(27-18)15(9-25-31)7-19-23(32)29-24(33)28-19/h5-9,13-14,16,26H,3-4,10-12H2,1-2H3,(H2,28,29,32,33)/b19-7-. The number of imide groups is 1. The van der Waals surface area contributed by atoms with Gasteiger partial charge in [0.05, 0.1) is 29.0 Å². The number of amides is 3. The molecule has 5 heterocycles. The number of hydrogen-bond acceptors (Lipinski definition) is 8. The maximum Gasteiger partial charge on any atom is 0.326 e. The number of hydrogen-bond donors (Lipinski definition) is 3. The average Bonchev–Trinajstić information content (AvgIpc) is 3.18. The number of nitrogens with one attached hydrogen (secondary N) is 3. The molecule has 3 fully saturated rings. The van der Waals surface area contributed by atoms with Gasteiger partial charge >= 0.3 is 6.03 Å². The first kappa shape index (κ1) is 22.2. The number of nitrogens with zero attached hydrogens (tertiary/aromatic N) is 4. The minimum atomic E-state index is -0.530. The van der Waals surface area contributed by atoms with Gasteiger partial charge < -0.3 is 15.4 Å². The summed E-state index contributed by atoms with van der Waals surface area (Å²) in [6, 6.07) is 6.23. The van der Waals surface area contributed by atoms with E-state index in [1.807, 2.05) is 6.07 Å². The molecule has 2 saturated heterocycles. The number of aromatic nitrogens is 3. The quantitative estimate of drug-likeness (QED) is 0.358. The van der Waals surface area contributed by atoms with Gasteiger partial charge in [0, 0.05) is 42.2 Å². The van der Waals surface area contributed by atoms with E-state index in [1.54, 1.807) is 28.1 Å². The predicted octanol–water partition coefficient (Wildman–Crippen LogP) is 2.82. The lowest BCUT2D eigenvalue weighted by molar-refractivity contribution is -0.115. The van der Waals surface area contributed by atoms with E-state index in [0.717, 1.165) is 48.9 Å². The highest BCUT2D eigenvalue weighted by atomic mass is 32.1. The number of thiophene rings is 1. The highest BCUT2D eigenvalue weighted by Crippen LogP contribution is 2.33. The van der Waals surface area contributed by atoms with Gasteiger partial charge in [0.15, 0.2) is 5.65 Å². The second kappa shape index (κ2) is 8.74. The van der Waals surface area contributed by atoms with E-state index in [1.165, 1.54) is 4.88 Å². The van der Waals surface area contributed by atoms with Gasteiger partial charge in [-0.1, -0.05) is 0 Å². The summed E-state index contributed by atoms with van der Waals surface area (Å²) < 4.78 is 7.62. The van der Waals surface area contributed by atoms with Crippen LogP contribution in [0.15, 0.2) is 30.1 Å². The van der Waals surface area contributed by atoms with Gasteiger partial charge in [-0.05, 0) is 44.9 Å². The van der Waals surface area contributed by atoms with Crippen molar-refractivity contribution in [2.75, 3.05) is 18.4 Å². The summed E-state index contributed by atoms with van der Waals surface area (Å²) in [6.45, 7) is 6.98. The van der Waals surface area contributed by atoms with Crippen molar-refractivity contribution in [1.82, 2.24) is 30.1 Å². The summed E-state index contributed by atoms with van der Waals surface area (Å²) in [5, 5.41) is 12.8. The van der Waals surface area contributed by atoms with Crippen LogP contribution in [-0.2, 0) is 16.1 Å². The Morgan fingerprint density at radius 1 is 1.20 bits per heavy atom. The molecule has 3 aliphatic rings. The molecule has 0 aromatic carbocycles. The molecule has 1 saturated carbocycles. The first-order chi connectivity index (χ1) is 16.9. The van der Waals surface area contributed by atoms with Gasteiger partial charge in [-0.3, -0.25) is 15.0 Å². The molecule has 182 valence electrons. The fraction of sp³-hybridized carbons (Fsp3) is 0.417. The normalized spacial score (nSPS) is 24.2. The first-order valence-electron chi connectivity index (χ1n) is 11.9. The zero-order chi connectivity index (χ0) is 24.1. The molecule has 35 heavy (non-hydrogen) atoms. The monoisotopic (exact) mass is 493 g/mol. The van der Waals surface area contributed by atoms with Gasteiger partial charge in [0.1, 0.15) is 11.5 Å². The lowest BCUT2D eigenvalue weighted by Crippen LogP contribution is -2.44. The van der Waals surface area contributed by atoms with Crippen molar-refractivity contribution in [2.45, 2.75) is 51.5 Å². The highest BCUT2D eigenvalue weighted by molar-refractivity contribution is 7.15. The number of morpholine rings is 1. The summed E-state index contributed by atoms with van der Waals surface area (Å²) in [7, 11) is 0. The highest BCUT2D eigenvalue weighted by Gasteiger charge is 2.26. The summed E-state index contributed by atoms with van der Waals surface area (Å²) in [5.74, 6) is 0.402. The van der Waals surface area contributed by atoms with Crippen molar-refractivity contribution in [3.8, 4) is 10.6 Å². The number of anilines is 1. The molecule has 6 rings (SSSR count). The SMILES string of the molecule is CC1CN(Cc2ccc(-c3cc(NC4CC4)n4ncc(/C=C5\NC(=O)NC5=O)c4n3)s2)CC(C)O1. The number of urea groups is 1. The van der Waals surface area contributed by atoms with Gasteiger partial charge in [-0.2, -0.15) is 9.61 Å². The molecule has 0 spiro atoms. The van der Waals surface area contributed by atoms with Crippen molar-refractivity contribution in [1.29, 1.82) is 0 Å². The minimum absolute atomic E-state index is 0.182. The van der Waals surface area contributed by atoms with E-state index in [-0.39, 0.29) is 17.9 Å². The second-order valence-electron chi connectivity index (χ2n) is 9.46. The Bertz CT molecular complexity index is 1330. The van der Waals surface area contributed by atoms with Crippen LogP contribution < -0.4 is 16.0 Å². The maximum atomic E-state index is 12.0.